The number of carbonyl (C=O) groups excluding carboxylic acids is 2. The molecule has 0 aliphatic rings. The second-order valence-electron chi connectivity index (χ2n) is 4.60. The molecule has 21 heavy (non-hydrogen) atoms. The summed E-state index contributed by atoms with van der Waals surface area (Å²) >= 11 is 0. The maximum Gasteiger partial charge on any atom is 0.326 e. The van der Waals surface area contributed by atoms with Gasteiger partial charge in [0.15, 0.2) is 0 Å². The van der Waals surface area contributed by atoms with Crippen molar-refractivity contribution in [3.05, 3.63) is 18.5 Å². The zero-order valence-electron chi connectivity index (χ0n) is 12.2. The molecular formula is C13H20N4O4. The summed E-state index contributed by atoms with van der Waals surface area (Å²) in [6, 6.07) is 0.808. The monoisotopic (exact) mass is 296 g/mol. The molecule has 1 aromatic heterocycles. The summed E-state index contributed by atoms with van der Waals surface area (Å²) in [6.45, 7) is 3.58. The van der Waals surface area contributed by atoms with Crippen molar-refractivity contribution in [2.75, 3.05) is 13.1 Å². The Morgan fingerprint density at radius 3 is 2.67 bits per heavy atom. The van der Waals surface area contributed by atoms with Crippen LogP contribution in [0.3, 0.4) is 0 Å². The third kappa shape index (κ3) is 5.64. The van der Waals surface area contributed by atoms with Gasteiger partial charge in [-0.05, 0) is 13.0 Å². The molecule has 8 heteroatoms. The summed E-state index contributed by atoms with van der Waals surface area (Å²) in [7, 11) is 0. The largest absolute Gasteiger partial charge is 0.480 e. The molecule has 8 nitrogen and oxygen atoms in total. The van der Waals surface area contributed by atoms with Gasteiger partial charge in [0.05, 0.1) is 0 Å². The minimum absolute atomic E-state index is 0.152. The normalized spacial score (nSPS) is 11.7. The van der Waals surface area contributed by atoms with Crippen LogP contribution in [0.15, 0.2) is 18.5 Å². The van der Waals surface area contributed by atoms with E-state index in [1.165, 1.54) is 18.7 Å². The predicted molar refractivity (Wildman–Crippen MR) is 74.3 cm³/mol. The number of carboxylic acid groups (broad SMARTS) is 1. The zero-order chi connectivity index (χ0) is 15.8. The highest BCUT2D eigenvalue weighted by molar-refractivity contribution is 5.83. The summed E-state index contributed by atoms with van der Waals surface area (Å²) in [4.78, 5) is 35.3. The molecule has 0 radical (unpaired) electrons. The van der Waals surface area contributed by atoms with E-state index in [2.05, 4.69) is 10.4 Å². The third-order valence-electron chi connectivity index (χ3n) is 2.99. The lowest BCUT2D eigenvalue weighted by Gasteiger charge is -2.26. The average molecular weight is 296 g/mol. The fourth-order valence-electron chi connectivity index (χ4n) is 1.81. The highest BCUT2D eigenvalue weighted by atomic mass is 16.4. The standard InChI is InChI=1S/C13H20N4O4/c1-10(13(20)21)17(9-6-14-11(2)18)12(19)4-8-16-7-3-5-15-16/h3,5,7,10H,4,6,8-9H2,1-2H3,(H,14,18)(H,20,21). The molecule has 0 bridgehead atoms. The molecule has 0 saturated heterocycles. The summed E-state index contributed by atoms with van der Waals surface area (Å²) < 4.78 is 1.61. The Hall–Kier alpha value is -2.38. The number of nitrogens with zero attached hydrogens (tertiary/aromatic N) is 3. The lowest BCUT2D eigenvalue weighted by molar-refractivity contribution is -0.149. The maximum absolute atomic E-state index is 12.2. The van der Waals surface area contributed by atoms with E-state index in [1.807, 2.05) is 0 Å². The number of aromatic nitrogens is 2. The van der Waals surface area contributed by atoms with E-state index in [9.17, 15) is 14.4 Å². The summed E-state index contributed by atoms with van der Waals surface area (Å²) in [5, 5.41) is 15.6. The fraction of sp³-hybridized carbons (Fsp3) is 0.538. The lowest BCUT2D eigenvalue weighted by Crippen LogP contribution is -2.47. The van der Waals surface area contributed by atoms with Crippen molar-refractivity contribution in [3.8, 4) is 0 Å². The van der Waals surface area contributed by atoms with Gasteiger partial charge in [-0.2, -0.15) is 5.10 Å². The number of nitrogens with one attached hydrogen (secondary N) is 1. The molecule has 1 heterocycles. The van der Waals surface area contributed by atoms with E-state index in [0.717, 1.165) is 0 Å². The number of aryl methyl sites for hydroxylation is 1. The lowest BCUT2D eigenvalue weighted by atomic mass is 10.2. The summed E-state index contributed by atoms with van der Waals surface area (Å²) in [5.74, 6) is -1.59. The fourth-order valence-corrected chi connectivity index (χ4v) is 1.81. The highest BCUT2D eigenvalue weighted by Crippen LogP contribution is 2.04. The van der Waals surface area contributed by atoms with Crippen molar-refractivity contribution in [3.63, 3.8) is 0 Å². The summed E-state index contributed by atoms with van der Waals surface area (Å²) in [5.41, 5.74) is 0. The third-order valence-corrected chi connectivity index (χ3v) is 2.99. The maximum atomic E-state index is 12.2. The van der Waals surface area contributed by atoms with E-state index >= 15 is 0 Å². The Labute approximate surface area is 122 Å². The molecule has 0 aliphatic heterocycles. The van der Waals surface area contributed by atoms with Crippen molar-refractivity contribution >= 4 is 17.8 Å². The molecule has 1 rings (SSSR count). The van der Waals surface area contributed by atoms with Crippen molar-refractivity contribution in [2.24, 2.45) is 0 Å². The Bertz CT molecular complexity index is 486. The van der Waals surface area contributed by atoms with Gasteiger partial charge in [0.2, 0.25) is 11.8 Å². The number of carboxylic acids is 1. The first-order chi connectivity index (χ1) is 9.91. The molecule has 1 aromatic rings. The first-order valence-electron chi connectivity index (χ1n) is 6.66. The molecule has 0 saturated carbocycles. The molecule has 2 N–H and O–H groups in total. The molecule has 1 unspecified atom stereocenters. The molecule has 0 aromatic carbocycles. The van der Waals surface area contributed by atoms with Crippen LogP contribution in [-0.2, 0) is 20.9 Å². The molecule has 0 spiro atoms. The van der Waals surface area contributed by atoms with Crippen LogP contribution >= 0.6 is 0 Å². The Morgan fingerprint density at radius 2 is 2.14 bits per heavy atom. The summed E-state index contributed by atoms with van der Waals surface area (Å²) in [6.07, 6.45) is 3.49. The van der Waals surface area contributed by atoms with Crippen LogP contribution in [0.25, 0.3) is 0 Å². The smallest absolute Gasteiger partial charge is 0.326 e. The Balaban J connectivity index is 2.58. The predicted octanol–water partition coefficient (Wildman–Crippen LogP) is -0.289. The molecule has 1 atom stereocenters. The number of carbonyl (C=O) groups is 3. The molecule has 2 amide bonds. The van der Waals surface area contributed by atoms with Crippen LogP contribution in [-0.4, -0.2) is 56.7 Å². The second-order valence-corrected chi connectivity index (χ2v) is 4.60. The number of amides is 2. The topological polar surface area (TPSA) is 105 Å². The molecule has 116 valence electrons. The zero-order valence-corrected chi connectivity index (χ0v) is 12.2. The van der Waals surface area contributed by atoms with Crippen LogP contribution in [0.2, 0.25) is 0 Å². The quantitative estimate of drug-likeness (QED) is 0.686. The Morgan fingerprint density at radius 1 is 1.43 bits per heavy atom. The minimum atomic E-state index is -1.08. The molecule has 0 aliphatic carbocycles. The van der Waals surface area contributed by atoms with Crippen LogP contribution in [0, 0.1) is 0 Å². The first-order valence-corrected chi connectivity index (χ1v) is 6.66. The van der Waals surface area contributed by atoms with Gasteiger partial charge in [-0.3, -0.25) is 14.3 Å². The molecular weight excluding hydrogens is 276 g/mol. The van der Waals surface area contributed by atoms with Gasteiger partial charge >= 0.3 is 5.97 Å². The van der Waals surface area contributed by atoms with E-state index < -0.39 is 12.0 Å². The Kier molecular flexibility index (Phi) is 6.38. The van der Waals surface area contributed by atoms with E-state index in [4.69, 9.17) is 5.11 Å². The van der Waals surface area contributed by atoms with Crippen molar-refractivity contribution in [1.82, 2.24) is 20.0 Å². The number of hydrogen-bond acceptors (Lipinski definition) is 4. The van der Waals surface area contributed by atoms with Crippen LogP contribution < -0.4 is 5.32 Å². The van der Waals surface area contributed by atoms with E-state index in [0.29, 0.717) is 6.54 Å². The van der Waals surface area contributed by atoms with Crippen LogP contribution in [0.4, 0.5) is 0 Å². The van der Waals surface area contributed by atoms with Gasteiger partial charge in [0, 0.05) is 45.4 Å². The SMILES string of the molecule is CC(=O)NCCN(C(=O)CCn1cccn1)C(C)C(=O)O. The van der Waals surface area contributed by atoms with Crippen molar-refractivity contribution in [1.29, 1.82) is 0 Å². The van der Waals surface area contributed by atoms with E-state index in [-0.39, 0.29) is 31.3 Å². The highest BCUT2D eigenvalue weighted by Gasteiger charge is 2.24. The van der Waals surface area contributed by atoms with Gasteiger partial charge in [-0.15, -0.1) is 0 Å². The minimum Gasteiger partial charge on any atom is -0.480 e. The van der Waals surface area contributed by atoms with Gasteiger partial charge < -0.3 is 15.3 Å². The van der Waals surface area contributed by atoms with Gasteiger partial charge in [0.1, 0.15) is 6.04 Å². The molecule has 0 fully saturated rings. The first kappa shape index (κ1) is 16.7. The number of aliphatic carboxylic acids is 1. The van der Waals surface area contributed by atoms with Crippen molar-refractivity contribution < 1.29 is 19.5 Å². The average Bonchev–Trinajstić information content (AvgIpc) is 2.93. The number of rotatable bonds is 8. The number of hydrogen-bond donors (Lipinski definition) is 2. The van der Waals surface area contributed by atoms with Gasteiger partial charge in [-0.1, -0.05) is 0 Å². The van der Waals surface area contributed by atoms with Gasteiger partial charge in [-0.25, -0.2) is 4.79 Å². The van der Waals surface area contributed by atoms with Crippen LogP contribution in [0.1, 0.15) is 20.3 Å². The van der Waals surface area contributed by atoms with Crippen LogP contribution in [0.5, 0.6) is 0 Å². The second kappa shape index (κ2) is 8.03. The van der Waals surface area contributed by atoms with E-state index in [1.54, 1.807) is 23.1 Å². The van der Waals surface area contributed by atoms with Crippen molar-refractivity contribution in [2.45, 2.75) is 32.9 Å². The van der Waals surface area contributed by atoms with Gasteiger partial charge in [0.25, 0.3) is 0 Å².